The van der Waals surface area contributed by atoms with E-state index in [0.29, 0.717) is 10.8 Å². The number of methoxy groups -OCH3 is 1. The van der Waals surface area contributed by atoms with Crippen molar-refractivity contribution in [2.24, 2.45) is 5.41 Å². The molecule has 0 spiro atoms. The zero-order valence-corrected chi connectivity index (χ0v) is 10.8. The first-order chi connectivity index (χ1) is 7.49. The predicted octanol–water partition coefficient (Wildman–Crippen LogP) is 4.16. The summed E-state index contributed by atoms with van der Waals surface area (Å²) in [6.07, 6.45) is 4.01. The van der Waals surface area contributed by atoms with Crippen molar-refractivity contribution in [3.8, 4) is 5.75 Å². The quantitative estimate of drug-likeness (QED) is 0.724. The minimum absolute atomic E-state index is 0.347. The highest BCUT2D eigenvalue weighted by Gasteiger charge is 2.47. The third-order valence-corrected chi connectivity index (χ3v) is 4.29. The van der Waals surface area contributed by atoms with Gasteiger partial charge in [0, 0.05) is 5.41 Å². The van der Waals surface area contributed by atoms with Crippen LogP contribution in [0.1, 0.15) is 45.6 Å². The van der Waals surface area contributed by atoms with E-state index in [2.05, 4.69) is 45.0 Å². The van der Waals surface area contributed by atoms with Gasteiger partial charge in [0.25, 0.3) is 0 Å². The van der Waals surface area contributed by atoms with Crippen LogP contribution in [0.2, 0.25) is 0 Å². The first kappa shape index (κ1) is 11.5. The predicted molar refractivity (Wildman–Crippen MR) is 68.0 cm³/mol. The molecule has 1 saturated carbocycles. The van der Waals surface area contributed by atoms with Gasteiger partial charge >= 0.3 is 0 Å². The van der Waals surface area contributed by atoms with E-state index >= 15 is 0 Å². The Labute approximate surface area is 98.8 Å². The second-order valence-corrected chi connectivity index (χ2v) is 5.91. The summed E-state index contributed by atoms with van der Waals surface area (Å²) in [5, 5.41) is 0. The van der Waals surface area contributed by atoms with Crippen LogP contribution in [0.25, 0.3) is 0 Å². The third kappa shape index (κ3) is 1.63. The second-order valence-electron chi connectivity index (χ2n) is 5.91. The van der Waals surface area contributed by atoms with Crippen molar-refractivity contribution in [2.45, 2.75) is 45.4 Å². The molecule has 0 atom stereocenters. The Morgan fingerprint density at radius 2 is 1.62 bits per heavy atom. The van der Waals surface area contributed by atoms with Crippen molar-refractivity contribution in [2.75, 3.05) is 7.11 Å². The van der Waals surface area contributed by atoms with Gasteiger partial charge in [-0.2, -0.15) is 0 Å². The Bertz CT molecular complexity index is 352. The van der Waals surface area contributed by atoms with Crippen LogP contribution in [0, 0.1) is 5.41 Å². The van der Waals surface area contributed by atoms with Crippen molar-refractivity contribution in [1.82, 2.24) is 0 Å². The van der Waals surface area contributed by atoms with Gasteiger partial charge < -0.3 is 4.74 Å². The molecular weight excluding hydrogens is 196 g/mol. The summed E-state index contributed by atoms with van der Waals surface area (Å²) in [7, 11) is 1.72. The molecule has 1 aliphatic rings. The SMILES string of the molecule is COc1ccc(C2(C(C)(C)C)CCC2)cc1. The highest BCUT2D eigenvalue weighted by atomic mass is 16.5. The minimum atomic E-state index is 0.347. The molecule has 0 radical (unpaired) electrons. The fourth-order valence-corrected chi connectivity index (χ4v) is 2.91. The lowest BCUT2D eigenvalue weighted by molar-refractivity contribution is 0.0852. The molecule has 0 N–H and O–H groups in total. The minimum Gasteiger partial charge on any atom is -0.497 e. The van der Waals surface area contributed by atoms with Crippen molar-refractivity contribution >= 4 is 0 Å². The zero-order valence-electron chi connectivity index (χ0n) is 10.8. The molecule has 2 rings (SSSR count). The molecule has 1 heteroatoms. The molecule has 0 bridgehead atoms. The van der Waals surface area contributed by atoms with E-state index in [1.54, 1.807) is 7.11 Å². The number of rotatable bonds is 2. The maximum absolute atomic E-state index is 5.22. The molecule has 1 aromatic rings. The lowest BCUT2D eigenvalue weighted by Crippen LogP contribution is -2.45. The van der Waals surface area contributed by atoms with E-state index in [4.69, 9.17) is 4.74 Å². The van der Waals surface area contributed by atoms with Gasteiger partial charge in [-0.3, -0.25) is 0 Å². The van der Waals surface area contributed by atoms with Crippen LogP contribution in [0.5, 0.6) is 5.75 Å². The van der Waals surface area contributed by atoms with E-state index in [-0.39, 0.29) is 0 Å². The molecule has 0 amide bonds. The van der Waals surface area contributed by atoms with Crippen molar-refractivity contribution in [3.63, 3.8) is 0 Å². The molecule has 0 aromatic heterocycles. The number of hydrogen-bond donors (Lipinski definition) is 0. The number of ether oxygens (including phenoxy) is 1. The second kappa shape index (κ2) is 3.80. The lowest BCUT2D eigenvalue weighted by Gasteiger charge is -2.52. The topological polar surface area (TPSA) is 9.23 Å². The highest BCUT2D eigenvalue weighted by molar-refractivity contribution is 5.35. The maximum atomic E-state index is 5.22. The molecule has 1 aromatic carbocycles. The third-order valence-electron chi connectivity index (χ3n) is 4.29. The van der Waals surface area contributed by atoms with Gasteiger partial charge in [0.05, 0.1) is 7.11 Å². The van der Waals surface area contributed by atoms with Gasteiger partial charge in [0.2, 0.25) is 0 Å². The Balaban J connectivity index is 2.34. The lowest BCUT2D eigenvalue weighted by atomic mass is 9.52. The van der Waals surface area contributed by atoms with E-state index in [0.717, 1.165) is 5.75 Å². The monoisotopic (exact) mass is 218 g/mol. The Morgan fingerprint density at radius 3 is 1.94 bits per heavy atom. The van der Waals surface area contributed by atoms with E-state index < -0.39 is 0 Å². The van der Waals surface area contributed by atoms with Crippen LogP contribution in [0.4, 0.5) is 0 Å². The molecule has 88 valence electrons. The van der Waals surface area contributed by atoms with Crippen molar-refractivity contribution < 1.29 is 4.74 Å². The summed E-state index contributed by atoms with van der Waals surface area (Å²) in [5.41, 5.74) is 2.21. The van der Waals surface area contributed by atoms with Crippen LogP contribution in [0.15, 0.2) is 24.3 Å². The average molecular weight is 218 g/mol. The molecule has 16 heavy (non-hydrogen) atoms. The van der Waals surface area contributed by atoms with Gasteiger partial charge in [-0.15, -0.1) is 0 Å². The van der Waals surface area contributed by atoms with E-state index in [9.17, 15) is 0 Å². The van der Waals surface area contributed by atoms with Gasteiger partial charge in [0.15, 0.2) is 0 Å². The Hall–Kier alpha value is -0.980. The fourth-order valence-electron chi connectivity index (χ4n) is 2.91. The fraction of sp³-hybridized carbons (Fsp3) is 0.600. The normalized spacial score (nSPS) is 19.0. The molecule has 1 fully saturated rings. The van der Waals surface area contributed by atoms with Gasteiger partial charge in [-0.1, -0.05) is 39.3 Å². The van der Waals surface area contributed by atoms with Crippen molar-refractivity contribution in [1.29, 1.82) is 0 Å². The molecule has 0 heterocycles. The Kier molecular flexibility index (Phi) is 2.73. The first-order valence-corrected chi connectivity index (χ1v) is 6.14. The molecule has 1 nitrogen and oxygen atoms in total. The summed E-state index contributed by atoms with van der Waals surface area (Å²) in [4.78, 5) is 0. The summed E-state index contributed by atoms with van der Waals surface area (Å²) in [6, 6.07) is 8.65. The van der Waals surface area contributed by atoms with Crippen LogP contribution in [-0.2, 0) is 5.41 Å². The summed E-state index contributed by atoms with van der Waals surface area (Å²) >= 11 is 0. The molecule has 0 aliphatic heterocycles. The number of hydrogen-bond acceptors (Lipinski definition) is 1. The van der Waals surface area contributed by atoms with Crippen LogP contribution < -0.4 is 4.74 Å². The van der Waals surface area contributed by atoms with Crippen LogP contribution in [0.3, 0.4) is 0 Å². The molecule has 0 saturated heterocycles. The maximum Gasteiger partial charge on any atom is 0.118 e. The Morgan fingerprint density at radius 1 is 1.06 bits per heavy atom. The van der Waals surface area contributed by atoms with Gasteiger partial charge in [-0.25, -0.2) is 0 Å². The number of benzene rings is 1. The first-order valence-electron chi connectivity index (χ1n) is 6.14. The average Bonchev–Trinajstić information content (AvgIpc) is 2.15. The van der Waals surface area contributed by atoms with Crippen LogP contribution >= 0.6 is 0 Å². The summed E-state index contributed by atoms with van der Waals surface area (Å²) < 4.78 is 5.22. The van der Waals surface area contributed by atoms with E-state index in [1.165, 1.54) is 24.8 Å². The van der Waals surface area contributed by atoms with Crippen molar-refractivity contribution in [3.05, 3.63) is 29.8 Å². The standard InChI is InChI=1S/C15H22O/c1-14(2,3)15(10-5-11-15)12-6-8-13(16-4)9-7-12/h6-9H,5,10-11H2,1-4H3. The van der Waals surface area contributed by atoms with Gasteiger partial charge in [0.1, 0.15) is 5.75 Å². The molecule has 1 aliphatic carbocycles. The zero-order chi connectivity index (χ0) is 11.8. The summed E-state index contributed by atoms with van der Waals surface area (Å²) in [5.74, 6) is 0.951. The molecular formula is C15H22O. The highest BCUT2D eigenvalue weighted by Crippen LogP contribution is 2.55. The largest absolute Gasteiger partial charge is 0.497 e. The molecule has 0 unspecified atom stereocenters. The summed E-state index contributed by atoms with van der Waals surface area (Å²) in [6.45, 7) is 7.07. The smallest absolute Gasteiger partial charge is 0.118 e. The van der Waals surface area contributed by atoms with Gasteiger partial charge in [-0.05, 0) is 36.0 Å². The van der Waals surface area contributed by atoms with E-state index in [1.807, 2.05) is 0 Å². The van der Waals surface area contributed by atoms with Crippen LogP contribution in [-0.4, -0.2) is 7.11 Å².